The van der Waals surface area contributed by atoms with E-state index in [1.54, 1.807) is 12.1 Å². The van der Waals surface area contributed by atoms with Crippen molar-refractivity contribution >= 4 is 17.1 Å². The van der Waals surface area contributed by atoms with Crippen molar-refractivity contribution in [1.29, 1.82) is 0 Å². The predicted molar refractivity (Wildman–Crippen MR) is 88.6 cm³/mol. The number of hydrogen-bond acceptors (Lipinski definition) is 3. The first kappa shape index (κ1) is 14.6. The summed E-state index contributed by atoms with van der Waals surface area (Å²) in [6.45, 7) is 0. The third-order valence-electron chi connectivity index (χ3n) is 4.35. The van der Waals surface area contributed by atoms with Gasteiger partial charge >= 0.3 is 0 Å². The Morgan fingerprint density at radius 1 is 0.864 bits per heavy atom. The lowest BCUT2D eigenvalue weighted by atomic mass is 9.84. The maximum absolute atomic E-state index is 10.6. The standard InChI is InChI=1S/C18H20N2O2/c21-20(22)18-12-10-17(11-13-18)19-16-8-6-15(7-9-16)14-4-2-1-3-5-14/h6-14,19H,1-5H2. The molecule has 3 rings (SSSR count). The SMILES string of the molecule is O=[N+]([O-])c1ccc(Nc2ccc(C3CCCCC3)cc2)cc1. The molecule has 1 aliphatic rings. The minimum atomic E-state index is -0.386. The molecule has 1 saturated carbocycles. The molecule has 2 aromatic rings. The topological polar surface area (TPSA) is 55.2 Å². The Hall–Kier alpha value is -2.36. The summed E-state index contributed by atoms with van der Waals surface area (Å²) >= 11 is 0. The molecular formula is C18H20N2O2. The average molecular weight is 296 g/mol. The molecular weight excluding hydrogens is 276 g/mol. The molecule has 0 heterocycles. The highest BCUT2D eigenvalue weighted by Gasteiger charge is 2.15. The molecule has 1 N–H and O–H groups in total. The van der Waals surface area contributed by atoms with Gasteiger partial charge in [-0.2, -0.15) is 0 Å². The van der Waals surface area contributed by atoms with E-state index in [-0.39, 0.29) is 10.6 Å². The van der Waals surface area contributed by atoms with Crippen molar-refractivity contribution in [2.45, 2.75) is 38.0 Å². The second-order valence-electron chi connectivity index (χ2n) is 5.89. The predicted octanol–water partition coefficient (Wildman–Crippen LogP) is 5.39. The molecule has 0 aromatic heterocycles. The van der Waals surface area contributed by atoms with E-state index in [1.165, 1.54) is 49.8 Å². The fourth-order valence-corrected chi connectivity index (χ4v) is 3.11. The van der Waals surface area contributed by atoms with Crippen molar-refractivity contribution < 1.29 is 4.92 Å². The van der Waals surface area contributed by atoms with Crippen molar-refractivity contribution in [2.75, 3.05) is 5.32 Å². The smallest absolute Gasteiger partial charge is 0.269 e. The zero-order valence-electron chi connectivity index (χ0n) is 12.5. The minimum absolute atomic E-state index is 0.109. The molecule has 4 nitrogen and oxygen atoms in total. The summed E-state index contributed by atoms with van der Waals surface area (Å²) in [4.78, 5) is 10.3. The van der Waals surface area contributed by atoms with E-state index in [1.807, 2.05) is 0 Å². The van der Waals surface area contributed by atoms with E-state index in [9.17, 15) is 10.1 Å². The normalized spacial score (nSPS) is 15.5. The van der Waals surface area contributed by atoms with E-state index in [4.69, 9.17) is 0 Å². The molecule has 0 spiro atoms. The summed E-state index contributed by atoms with van der Waals surface area (Å²) in [6.07, 6.45) is 6.65. The average Bonchev–Trinajstić information content (AvgIpc) is 2.57. The Bertz CT molecular complexity index is 629. The highest BCUT2D eigenvalue weighted by Crippen LogP contribution is 2.33. The van der Waals surface area contributed by atoms with Crippen LogP contribution >= 0.6 is 0 Å². The lowest BCUT2D eigenvalue weighted by Gasteiger charge is -2.22. The highest BCUT2D eigenvalue weighted by atomic mass is 16.6. The van der Waals surface area contributed by atoms with Gasteiger partial charge in [0.1, 0.15) is 0 Å². The molecule has 4 heteroatoms. The van der Waals surface area contributed by atoms with Gasteiger partial charge < -0.3 is 5.32 Å². The Morgan fingerprint density at radius 3 is 1.95 bits per heavy atom. The summed E-state index contributed by atoms with van der Waals surface area (Å²) in [5.41, 5.74) is 3.40. The number of benzene rings is 2. The number of non-ortho nitro benzene ring substituents is 1. The molecule has 1 aliphatic carbocycles. The van der Waals surface area contributed by atoms with Crippen LogP contribution in [0.25, 0.3) is 0 Å². The molecule has 0 atom stereocenters. The largest absolute Gasteiger partial charge is 0.356 e. The van der Waals surface area contributed by atoms with Crippen molar-refractivity contribution in [3.63, 3.8) is 0 Å². The van der Waals surface area contributed by atoms with E-state index in [2.05, 4.69) is 29.6 Å². The number of hydrogen-bond donors (Lipinski definition) is 1. The van der Waals surface area contributed by atoms with Gasteiger partial charge in [0.2, 0.25) is 0 Å². The molecule has 22 heavy (non-hydrogen) atoms. The van der Waals surface area contributed by atoms with Crippen LogP contribution in [0.1, 0.15) is 43.6 Å². The fourth-order valence-electron chi connectivity index (χ4n) is 3.11. The highest BCUT2D eigenvalue weighted by molar-refractivity contribution is 5.61. The van der Waals surface area contributed by atoms with Gasteiger partial charge in [-0.05, 0) is 48.6 Å². The summed E-state index contributed by atoms with van der Waals surface area (Å²) in [7, 11) is 0. The Kier molecular flexibility index (Phi) is 4.37. The lowest BCUT2D eigenvalue weighted by Crippen LogP contribution is -2.04. The van der Waals surface area contributed by atoms with E-state index in [0.29, 0.717) is 5.92 Å². The van der Waals surface area contributed by atoms with Gasteiger partial charge in [-0.25, -0.2) is 0 Å². The van der Waals surface area contributed by atoms with Gasteiger partial charge in [0.05, 0.1) is 4.92 Å². The van der Waals surface area contributed by atoms with Crippen molar-refractivity contribution in [2.24, 2.45) is 0 Å². The molecule has 0 aliphatic heterocycles. The summed E-state index contributed by atoms with van der Waals surface area (Å²) in [5.74, 6) is 0.710. The molecule has 0 unspecified atom stereocenters. The summed E-state index contributed by atoms with van der Waals surface area (Å²) in [5, 5.41) is 13.9. The van der Waals surface area contributed by atoms with E-state index < -0.39 is 0 Å². The molecule has 0 bridgehead atoms. The van der Waals surface area contributed by atoms with Crippen LogP contribution in [0.3, 0.4) is 0 Å². The Balaban J connectivity index is 1.66. The van der Waals surface area contributed by atoms with Gasteiger partial charge in [-0.3, -0.25) is 10.1 Å². The van der Waals surface area contributed by atoms with E-state index in [0.717, 1.165) is 11.4 Å². The van der Waals surface area contributed by atoms with Gasteiger partial charge in [0, 0.05) is 23.5 Å². The van der Waals surface area contributed by atoms with Crippen molar-refractivity contribution in [3.8, 4) is 0 Å². The zero-order valence-corrected chi connectivity index (χ0v) is 12.5. The lowest BCUT2D eigenvalue weighted by molar-refractivity contribution is -0.384. The maximum atomic E-state index is 10.6. The van der Waals surface area contributed by atoms with Gasteiger partial charge in [-0.1, -0.05) is 31.4 Å². The number of rotatable bonds is 4. The summed E-state index contributed by atoms with van der Waals surface area (Å²) in [6, 6.07) is 15.1. The second kappa shape index (κ2) is 6.60. The van der Waals surface area contributed by atoms with Gasteiger partial charge in [-0.15, -0.1) is 0 Å². The number of nitrogens with one attached hydrogen (secondary N) is 1. The van der Waals surface area contributed by atoms with Crippen LogP contribution in [0.15, 0.2) is 48.5 Å². The van der Waals surface area contributed by atoms with Crippen LogP contribution in [0.5, 0.6) is 0 Å². The van der Waals surface area contributed by atoms with Crippen LogP contribution in [0.4, 0.5) is 17.1 Å². The molecule has 1 fully saturated rings. The molecule has 2 aromatic carbocycles. The van der Waals surface area contributed by atoms with Crippen LogP contribution in [0.2, 0.25) is 0 Å². The number of anilines is 2. The van der Waals surface area contributed by atoms with Crippen LogP contribution < -0.4 is 5.32 Å². The van der Waals surface area contributed by atoms with Crippen LogP contribution in [-0.2, 0) is 0 Å². The minimum Gasteiger partial charge on any atom is -0.356 e. The van der Waals surface area contributed by atoms with E-state index >= 15 is 0 Å². The fraction of sp³-hybridized carbons (Fsp3) is 0.333. The first-order chi connectivity index (χ1) is 10.7. The first-order valence-corrected chi connectivity index (χ1v) is 7.84. The first-order valence-electron chi connectivity index (χ1n) is 7.84. The van der Waals surface area contributed by atoms with Crippen LogP contribution in [-0.4, -0.2) is 4.92 Å². The second-order valence-corrected chi connectivity index (χ2v) is 5.89. The molecule has 0 amide bonds. The van der Waals surface area contributed by atoms with Crippen molar-refractivity contribution in [3.05, 3.63) is 64.2 Å². The number of nitro groups is 1. The monoisotopic (exact) mass is 296 g/mol. The quantitative estimate of drug-likeness (QED) is 0.608. The Morgan fingerprint density at radius 2 is 1.41 bits per heavy atom. The summed E-state index contributed by atoms with van der Waals surface area (Å²) < 4.78 is 0. The molecule has 0 saturated heterocycles. The third-order valence-corrected chi connectivity index (χ3v) is 4.35. The third kappa shape index (κ3) is 3.45. The zero-order chi connectivity index (χ0) is 15.4. The number of nitro benzene ring substituents is 1. The maximum Gasteiger partial charge on any atom is 0.269 e. The van der Waals surface area contributed by atoms with Crippen molar-refractivity contribution in [1.82, 2.24) is 0 Å². The molecule has 114 valence electrons. The Labute approximate surface area is 130 Å². The van der Waals surface area contributed by atoms with Gasteiger partial charge in [0.25, 0.3) is 5.69 Å². The van der Waals surface area contributed by atoms with Gasteiger partial charge in [0.15, 0.2) is 0 Å². The van der Waals surface area contributed by atoms with Crippen LogP contribution in [0, 0.1) is 10.1 Å². The number of nitrogens with zero attached hydrogens (tertiary/aromatic N) is 1. The molecule has 0 radical (unpaired) electrons.